The standard InChI is InChI=1S/C19H24F2N2O5/c1-5-23-11(4)15(17(24)27-7-3)16(22-19(23)25)12-8-9-13(28-18(20)21)14(10-12)26-6-2/h8-10,16,18H,5-7H2,1-4H3,(H,22,25)/t16-/m0/s1. The number of esters is 1. The summed E-state index contributed by atoms with van der Waals surface area (Å²) in [6, 6.07) is 3.11. The minimum Gasteiger partial charge on any atom is -0.490 e. The highest BCUT2D eigenvalue weighted by atomic mass is 19.3. The van der Waals surface area contributed by atoms with Gasteiger partial charge in [-0.1, -0.05) is 6.07 Å². The third kappa shape index (κ3) is 4.52. The third-order valence-corrected chi connectivity index (χ3v) is 4.22. The SMILES string of the molecule is CCOC(=O)C1=C(C)N(CC)C(=O)N[C@H]1c1ccc(OC(F)F)c(OCC)c1. The number of benzene rings is 1. The fourth-order valence-electron chi connectivity index (χ4n) is 3.05. The van der Waals surface area contributed by atoms with Crippen LogP contribution in [0.4, 0.5) is 13.6 Å². The highest BCUT2D eigenvalue weighted by molar-refractivity contribution is 5.95. The van der Waals surface area contributed by atoms with Crippen LogP contribution < -0.4 is 14.8 Å². The number of rotatable bonds is 8. The zero-order valence-corrected chi connectivity index (χ0v) is 16.3. The summed E-state index contributed by atoms with van der Waals surface area (Å²) in [7, 11) is 0. The van der Waals surface area contributed by atoms with Gasteiger partial charge in [0.2, 0.25) is 0 Å². The molecular formula is C19H24F2N2O5. The van der Waals surface area contributed by atoms with Crippen molar-refractivity contribution < 1.29 is 32.6 Å². The van der Waals surface area contributed by atoms with E-state index in [2.05, 4.69) is 10.1 Å². The molecule has 1 N–H and O–H groups in total. The van der Waals surface area contributed by atoms with Gasteiger partial charge in [-0.3, -0.25) is 4.90 Å². The molecular weight excluding hydrogens is 374 g/mol. The van der Waals surface area contributed by atoms with Crippen molar-refractivity contribution in [2.45, 2.75) is 40.3 Å². The Bertz CT molecular complexity index is 767. The Kier molecular flexibility index (Phi) is 7.19. The molecule has 0 radical (unpaired) electrons. The van der Waals surface area contributed by atoms with Gasteiger partial charge in [-0.15, -0.1) is 0 Å². The van der Waals surface area contributed by atoms with E-state index in [4.69, 9.17) is 9.47 Å². The summed E-state index contributed by atoms with van der Waals surface area (Å²) in [4.78, 5) is 26.4. The van der Waals surface area contributed by atoms with Crippen molar-refractivity contribution in [3.05, 3.63) is 35.0 Å². The highest BCUT2D eigenvalue weighted by Gasteiger charge is 2.36. The molecule has 1 aliphatic rings. The maximum absolute atomic E-state index is 12.6. The molecule has 0 saturated carbocycles. The molecule has 0 aromatic heterocycles. The van der Waals surface area contributed by atoms with Gasteiger partial charge in [0.15, 0.2) is 11.5 Å². The number of ether oxygens (including phenoxy) is 3. The minimum atomic E-state index is -3.00. The summed E-state index contributed by atoms with van der Waals surface area (Å²) in [5.74, 6) is -0.598. The van der Waals surface area contributed by atoms with Crippen molar-refractivity contribution in [3.8, 4) is 11.5 Å². The molecule has 154 valence electrons. The Morgan fingerprint density at radius 3 is 2.50 bits per heavy atom. The van der Waals surface area contributed by atoms with Gasteiger partial charge in [-0.25, -0.2) is 9.59 Å². The van der Waals surface area contributed by atoms with Crippen LogP contribution in [0.15, 0.2) is 29.5 Å². The van der Waals surface area contributed by atoms with Gasteiger partial charge in [-0.2, -0.15) is 8.78 Å². The van der Waals surface area contributed by atoms with Crippen LogP contribution in [0.25, 0.3) is 0 Å². The van der Waals surface area contributed by atoms with Crippen molar-refractivity contribution in [3.63, 3.8) is 0 Å². The molecule has 1 aromatic rings. The van der Waals surface area contributed by atoms with E-state index < -0.39 is 18.6 Å². The smallest absolute Gasteiger partial charge is 0.387 e. The zero-order valence-electron chi connectivity index (χ0n) is 16.3. The average molecular weight is 398 g/mol. The number of halogens is 2. The summed E-state index contributed by atoms with van der Waals surface area (Å²) < 4.78 is 40.3. The second-order valence-electron chi connectivity index (χ2n) is 5.86. The molecule has 0 fully saturated rings. The zero-order chi connectivity index (χ0) is 20.8. The number of carbonyl (C=O) groups excluding carboxylic acids is 2. The van der Waals surface area contributed by atoms with Gasteiger partial charge in [0.25, 0.3) is 0 Å². The van der Waals surface area contributed by atoms with E-state index in [1.807, 2.05) is 0 Å². The van der Waals surface area contributed by atoms with Gasteiger partial charge in [0, 0.05) is 12.2 Å². The number of hydrogen-bond acceptors (Lipinski definition) is 5. The third-order valence-electron chi connectivity index (χ3n) is 4.22. The van der Waals surface area contributed by atoms with E-state index >= 15 is 0 Å². The molecule has 1 atom stereocenters. The lowest BCUT2D eigenvalue weighted by atomic mass is 9.94. The van der Waals surface area contributed by atoms with Crippen LogP contribution in [0.5, 0.6) is 11.5 Å². The number of alkyl halides is 2. The fraction of sp³-hybridized carbons (Fsp3) is 0.474. The van der Waals surface area contributed by atoms with Gasteiger partial charge in [0.1, 0.15) is 0 Å². The Morgan fingerprint density at radius 1 is 1.21 bits per heavy atom. The van der Waals surface area contributed by atoms with E-state index in [1.54, 1.807) is 27.7 Å². The second-order valence-corrected chi connectivity index (χ2v) is 5.86. The van der Waals surface area contributed by atoms with Crippen molar-refractivity contribution in [1.82, 2.24) is 10.2 Å². The van der Waals surface area contributed by atoms with Gasteiger partial charge in [-0.05, 0) is 45.4 Å². The monoisotopic (exact) mass is 398 g/mol. The molecule has 1 aliphatic heterocycles. The number of nitrogens with one attached hydrogen (secondary N) is 1. The van der Waals surface area contributed by atoms with Gasteiger partial charge < -0.3 is 19.5 Å². The van der Waals surface area contributed by atoms with Gasteiger partial charge in [0.05, 0.1) is 24.8 Å². The van der Waals surface area contributed by atoms with E-state index in [0.717, 1.165) is 0 Å². The molecule has 0 saturated heterocycles. The molecule has 7 nitrogen and oxygen atoms in total. The van der Waals surface area contributed by atoms with E-state index in [1.165, 1.54) is 23.1 Å². The Morgan fingerprint density at radius 2 is 1.93 bits per heavy atom. The van der Waals surface area contributed by atoms with Crippen LogP contribution in [0, 0.1) is 0 Å². The molecule has 28 heavy (non-hydrogen) atoms. The average Bonchev–Trinajstić information content (AvgIpc) is 2.63. The fourth-order valence-corrected chi connectivity index (χ4v) is 3.05. The number of nitrogens with zero attached hydrogens (tertiary/aromatic N) is 1. The molecule has 0 bridgehead atoms. The van der Waals surface area contributed by atoms with E-state index in [0.29, 0.717) is 17.8 Å². The maximum atomic E-state index is 12.6. The molecule has 2 rings (SSSR count). The summed E-state index contributed by atoms with van der Waals surface area (Å²) in [6.45, 7) is 4.61. The highest BCUT2D eigenvalue weighted by Crippen LogP contribution is 2.36. The van der Waals surface area contributed by atoms with Crippen molar-refractivity contribution >= 4 is 12.0 Å². The topological polar surface area (TPSA) is 77.1 Å². The van der Waals surface area contributed by atoms with Crippen LogP contribution in [0.2, 0.25) is 0 Å². The first-order chi connectivity index (χ1) is 13.3. The number of urea groups is 1. The Hall–Kier alpha value is -2.84. The summed E-state index contributed by atoms with van der Waals surface area (Å²) in [5.41, 5.74) is 1.23. The number of allylic oxidation sites excluding steroid dienone is 1. The van der Waals surface area contributed by atoms with Gasteiger partial charge >= 0.3 is 18.6 Å². The molecule has 0 unspecified atom stereocenters. The largest absolute Gasteiger partial charge is 0.490 e. The molecule has 2 amide bonds. The number of amides is 2. The lowest BCUT2D eigenvalue weighted by Gasteiger charge is -2.35. The first kappa shape index (κ1) is 21.5. The number of hydrogen-bond donors (Lipinski definition) is 1. The van der Waals surface area contributed by atoms with Crippen LogP contribution in [0.3, 0.4) is 0 Å². The Balaban J connectivity index is 2.53. The molecule has 1 aromatic carbocycles. The normalized spacial score (nSPS) is 16.9. The van der Waals surface area contributed by atoms with E-state index in [-0.39, 0.29) is 36.3 Å². The molecule has 0 aliphatic carbocycles. The summed E-state index contributed by atoms with van der Waals surface area (Å²) >= 11 is 0. The molecule has 9 heteroatoms. The predicted octanol–water partition coefficient (Wildman–Crippen LogP) is 3.61. The lowest BCUT2D eigenvalue weighted by molar-refractivity contribution is -0.139. The van der Waals surface area contributed by atoms with Crippen LogP contribution in [-0.2, 0) is 9.53 Å². The Labute approximate surface area is 162 Å². The summed E-state index contributed by atoms with van der Waals surface area (Å²) in [6.07, 6.45) is 0. The predicted molar refractivity (Wildman–Crippen MR) is 97.2 cm³/mol. The number of carbonyl (C=O) groups is 2. The van der Waals surface area contributed by atoms with Crippen molar-refractivity contribution in [2.24, 2.45) is 0 Å². The summed E-state index contributed by atoms with van der Waals surface area (Å²) in [5, 5.41) is 2.77. The van der Waals surface area contributed by atoms with Crippen molar-refractivity contribution in [2.75, 3.05) is 19.8 Å². The quantitative estimate of drug-likeness (QED) is 0.677. The van der Waals surface area contributed by atoms with Crippen LogP contribution in [0.1, 0.15) is 39.3 Å². The second kappa shape index (κ2) is 9.38. The molecule has 1 heterocycles. The van der Waals surface area contributed by atoms with E-state index in [9.17, 15) is 18.4 Å². The maximum Gasteiger partial charge on any atom is 0.387 e. The lowest BCUT2D eigenvalue weighted by Crippen LogP contribution is -2.47. The van der Waals surface area contributed by atoms with Crippen LogP contribution in [-0.4, -0.2) is 43.3 Å². The van der Waals surface area contributed by atoms with Crippen molar-refractivity contribution in [1.29, 1.82) is 0 Å². The van der Waals surface area contributed by atoms with Crippen LogP contribution >= 0.6 is 0 Å². The first-order valence-electron chi connectivity index (χ1n) is 9.01. The minimum absolute atomic E-state index is 0.0910. The molecule has 0 spiro atoms. The first-order valence-corrected chi connectivity index (χ1v) is 9.01.